The molecule has 0 spiro atoms. The average molecular weight is 383 g/mol. The number of halogens is 1. The molecule has 142 valence electrons. The summed E-state index contributed by atoms with van der Waals surface area (Å²) >= 11 is 6.04. The Morgan fingerprint density at radius 2 is 1.38 bits per heavy atom. The Kier molecular flexibility index (Phi) is 8.45. The molecule has 0 N–H and O–H groups in total. The van der Waals surface area contributed by atoms with Crippen molar-refractivity contribution < 1.29 is 28.7 Å². The number of Topliss-reactive ketones (excluding diaryl/α,β-unsaturated/α-hetero) is 2. The van der Waals surface area contributed by atoms with E-state index in [-0.39, 0.29) is 13.2 Å². The fourth-order valence-corrected chi connectivity index (χ4v) is 3.08. The normalized spacial score (nSPS) is 14.0. The molecule has 0 radical (unpaired) electrons. The highest BCUT2D eigenvalue weighted by atomic mass is 35.5. The third kappa shape index (κ3) is 5.39. The maximum Gasteiger partial charge on any atom is 0.317 e. The molecule has 2 atom stereocenters. The Labute approximate surface area is 157 Å². The molecule has 0 fully saturated rings. The Balaban J connectivity index is 3.58. The van der Waals surface area contributed by atoms with E-state index in [1.54, 1.807) is 32.0 Å². The van der Waals surface area contributed by atoms with Crippen molar-refractivity contribution in [2.75, 3.05) is 13.2 Å². The van der Waals surface area contributed by atoms with Crippen molar-refractivity contribution in [3.05, 3.63) is 34.9 Å². The SMILES string of the molecule is CCOC(=O)C(C(C)=O)C(c1cccc(Cl)c1)C(C(C)=O)C(=O)OCC. The fraction of sp³-hybridized carbons (Fsp3) is 0.474. The van der Waals surface area contributed by atoms with Gasteiger partial charge in [0.1, 0.15) is 23.4 Å². The first-order valence-corrected chi connectivity index (χ1v) is 8.71. The van der Waals surface area contributed by atoms with Gasteiger partial charge in [-0.2, -0.15) is 0 Å². The van der Waals surface area contributed by atoms with Crippen LogP contribution in [0.25, 0.3) is 0 Å². The van der Waals surface area contributed by atoms with Crippen molar-refractivity contribution in [1.29, 1.82) is 0 Å². The van der Waals surface area contributed by atoms with Gasteiger partial charge >= 0.3 is 11.9 Å². The van der Waals surface area contributed by atoms with Crippen LogP contribution in [-0.4, -0.2) is 36.7 Å². The van der Waals surface area contributed by atoms with Gasteiger partial charge in [0.15, 0.2) is 0 Å². The van der Waals surface area contributed by atoms with Crippen LogP contribution in [0.5, 0.6) is 0 Å². The van der Waals surface area contributed by atoms with Crippen molar-refractivity contribution in [3.8, 4) is 0 Å². The lowest BCUT2D eigenvalue weighted by Gasteiger charge is -2.29. The van der Waals surface area contributed by atoms with E-state index in [9.17, 15) is 19.2 Å². The minimum absolute atomic E-state index is 0.0645. The van der Waals surface area contributed by atoms with E-state index >= 15 is 0 Å². The summed E-state index contributed by atoms with van der Waals surface area (Å²) in [6.45, 7) is 5.79. The fourth-order valence-electron chi connectivity index (χ4n) is 2.89. The molecule has 0 heterocycles. The number of hydrogen-bond acceptors (Lipinski definition) is 6. The van der Waals surface area contributed by atoms with Gasteiger partial charge in [-0.05, 0) is 45.4 Å². The molecule has 1 rings (SSSR count). The molecule has 0 aromatic heterocycles. The smallest absolute Gasteiger partial charge is 0.317 e. The number of carbonyl (C=O) groups is 4. The largest absolute Gasteiger partial charge is 0.465 e. The summed E-state index contributed by atoms with van der Waals surface area (Å²) in [4.78, 5) is 49.4. The van der Waals surface area contributed by atoms with Gasteiger partial charge in [-0.3, -0.25) is 19.2 Å². The van der Waals surface area contributed by atoms with E-state index in [0.29, 0.717) is 10.6 Å². The summed E-state index contributed by atoms with van der Waals surface area (Å²) in [6.07, 6.45) is 0. The number of hydrogen-bond donors (Lipinski definition) is 0. The summed E-state index contributed by atoms with van der Waals surface area (Å²) in [6, 6.07) is 6.37. The standard InChI is InChI=1S/C19H23ClO6/c1-5-25-18(23)15(11(3)21)17(13-8-7-9-14(20)10-13)16(12(4)22)19(24)26-6-2/h7-10,15-17H,5-6H2,1-4H3. The molecule has 0 amide bonds. The van der Waals surface area contributed by atoms with Gasteiger partial charge < -0.3 is 9.47 Å². The molecular weight excluding hydrogens is 360 g/mol. The maximum absolute atomic E-state index is 12.5. The van der Waals surface area contributed by atoms with Crippen molar-refractivity contribution in [1.82, 2.24) is 0 Å². The zero-order chi connectivity index (χ0) is 19.9. The molecule has 2 unspecified atom stereocenters. The lowest BCUT2D eigenvalue weighted by molar-refractivity contribution is -0.157. The predicted octanol–water partition coefficient (Wildman–Crippen LogP) is 2.96. The number of rotatable bonds is 9. The highest BCUT2D eigenvalue weighted by Crippen LogP contribution is 2.36. The van der Waals surface area contributed by atoms with E-state index in [4.69, 9.17) is 21.1 Å². The lowest BCUT2D eigenvalue weighted by atomic mass is 9.73. The minimum Gasteiger partial charge on any atom is -0.465 e. The summed E-state index contributed by atoms with van der Waals surface area (Å²) in [5.41, 5.74) is 0.416. The van der Waals surface area contributed by atoms with Gasteiger partial charge in [0, 0.05) is 10.9 Å². The zero-order valence-electron chi connectivity index (χ0n) is 15.3. The highest BCUT2D eigenvalue weighted by Gasteiger charge is 2.45. The van der Waals surface area contributed by atoms with E-state index < -0.39 is 41.3 Å². The summed E-state index contributed by atoms with van der Waals surface area (Å²) in [7, 11) is 0. The molecule has 0 aliphatic rings. The van der Waals surface area contributed by atoms with Crippen LogP contribution in [0.4, 0.5) is 0 Å². The zero-order valence-corrected chi connectivity index (χ0v) is 16.0. The molecule has 7 heteroatoms. The van der Waals surface area contributed by atoms with Crippen molar-refractivity contribution in [3.63, 3.8) is 0 Å². The van der Waals surface area contributed by atoms with Crippen LogP contribution in [0.1, 0.15) is 39.2 Å². The van der Waals surface area contributed by atoms with Crippen LogP contribution in [0.15, 0.2) is 24.3 Å². The van der Waals surface area contributed by atoms with Crippen LogP contribution in [0.2, 0.25) is 5.02 Å². The molecule has 1 aromatic carbocycles. The van der Waals surface area contributed by atoms with Crippen molar-refractivity contribution in [2.45, 2.75) is 33.6 Å². The Bertz CT molecular complexity index is 648. The minimum atomic E-state index is -1.33. The van der Waals surface area contributed by atoms with E-state index in [1.165, 1.54) is 19.9 Å². The third-order valence-electron chi connectivity index (χ3n) is 3.91. The lowest BCUT2D eigenvalue weighted by Crippen LogP contribution is -2.40. The first kappa shape index (κ1) is 21.8. The average Bonchev–Trinajstić information content (AvgIpc) is 2.54. The molecule has 26 heavy (non-hydrogen) atoms. The second-order valence-corrected chi connectivity index (χ2v) is 6.20. The summed E-state index contributed by atoms with van der Waals surface area (Å²) < 4.78 is 10.0. The van der Waals surface area contributed by atoms with Crippen molar-refractivity contribution >= 4 is 35.1 Å². The molecule has 6 nitrogen and oxygen atoms in total. The molecule has 0 bridgehead atoms. The molecule has 0 saturated heterocycles. The van der Waals surface area contributed by atoms with Gasteiger partial charge in [-0.1, -0.05) is 23.7 Å². The first-order chi connectivity index (χ1) is 12.2. The third-order valence-corrected chi connectivity index (χ3v) is 4.14. The van der Waals surface area contributed by atoms with Crippen LogP contribution < -0.4 is 0 Å². The molecular formula is C19H23ClO6. The van der Waals surface area contributed by atoms with Gasteiger partial charge in [0.25, 0.3) is 0 Å². The summed E-state index contributed by atoms with van der Waals surface area (Å²) in [5.74, 6) is -6.32. The van der Waals surface area contributed by atoms with Gasteiger partial charge in [0.2, 0.25) is 0 Å². The van der Waals surface area contributed by atoms with Gasteiger partial charge in [-0.15, -0.1) is 0 Å². The number of esters is 2. The number of ketones is 2. The quantitative estimate of drug-likeness (QED) is 0.482. The number of ether oxygens (including phenoxy) is 2. The Hall–Kier alpha value is -2.21. The van der Waals surface area contributed by atoms with Crippen LogP contribution in [-0.2, 0) is 28.7 Å². The Morgan fingerprint density at radius 1 is 0.923 bits per heavy atom. The van der Waals surface area contributed by atoms with Crippen LogP contribution in [0, 0.1) is 11.8 Å². The second-order valence-electron chi connectivity index (χ2n) is 5.76. The van der Waals surface area contributed by atoms with E-state index in [0.717, 1.165) is 0 Å². The van der Waals surface area contributed by atoms with E-state index in [2.05, 4.69) is 0 Å². The predicted molar refractivity (Wildman–Crippen MR) is 95.8 cm³/mol. The monoisotopic (exact) mass is 382 g/mol. The van der Waals surface area contributed by atoms with Gasteiger partial charge in [-0.25, -0.2) is 0 Å². The maximum atomic E-state index is 12.5. The number of carbonyl (C=O) groups excluding carboxylic acids is 4. The van der Waals surface area contributed by atoms with Crippen LogP contribution >= 0.6 is 11.6 Å². The number of benzene rings is 1. The Morgan fingerprint density at radius 3 is 1.73 bits per heavy atom. The molecule has 0 saturated carbocycles. The summed E-state index contributed by atoms with van der Waals surface area (Å²) in [5, 5.41) is 0.352. The van der Waals surface area contributed by atoms with E-state index in [1.807, 2.05) is 0 Å². The van der Waals surface area contributed by atoms with Crippen molar-refractivity contribution in [2.24, 2.45) is 11.8 Å². The van der Waals surface area contributed by atoms with Gasteiger partial charge in [0.05, 0.1) is 13.2 Å². The highest BCUT2D eigenvalue weighted by molar-refractivity contribution is 6.30. The second kappa shape index (κ2) is 10.1. The van der Waals surface area contributed by atoms with Crippen LogP contribution in [0.3, 0.4) is 0 Å². The molecule has 1 aromatic rings. The molecule has 0 aliphatic carbocycles. The topological polar surface area (TPSA) is 86.7 Å². The molecule has 0 aliphatic heterocycles. The first-order valence-electron chi connectivity index (χ1n) is 8.34.